The maximum absolute atomic E-state index is 13.5. The van der Waals surface area contributed by atoms with Crippen LogP contribution >= 0.6 is 11.3 Å². The van der Waals surface area contributed by atoms with Crippen LogP contribution in [0.3, 0.4) is 0 Å². The Labute approximate surface area is 217 Å². The van der Waals surface area contributed by atoms with Crippen molar-refractivity contribution in [1.82, 2.24) is 14.1 Å². The first-order chi connectivity index (χ1) is 17.4. The van der Waals surface area contributed by atoms with Crippen molar-refractivity contribution >= 4 is 27.3 Å². The summed E-state index contributed by atoms with van der Waals surface area (Å²) < 4.78 is 33.1. The maximum Gasteiger partial charge on any atom is 0.243 e. The monoisotopic (exact) mass is 525 g/mol. The van der Waals surface area contributed by atoms with E-state index in [0.717, 1.165) is 24.3 Å². The summed E-state index contributed by atoms with van der Waals surface area (Å²) >= 11 is 1.77. The molecule has 7 nitrogen and oxygen atoms in total. The van der Waals surface area contributed by atoms with Crippen LogP contribution in [0.4, 0.5) is 0 Å². The maximum atomic E-state index is 13.5. The zero-order valence-electron chi connectivity index (χ0n) is 20.5. The first-order valence-corrected chi connectivity index (χ1v) is 14.5. The molecule has 36 heavy (non-hydrogen) atoms. The molecule has 0 radical (unpaired) electrons. The summed E-state index contributed by atoms with van der Waals surface area (Å²) in [5, 5.41) is 2.13. The molecule has 2 aliphatic heterocycles. The first kappa shape index (κ1) is 25.0. The number of hydrogen-bond acceptors (Lipinski definition) is 6. The van der Waals surface area contributed by atoms with Gasteiger partial charge in [0.2, 0.25) is 15.9 Å². The molecule has 190 valence electrons. The Morgan fingerprint density at radius 1 is 1.03 bits per heavy atom. The zero-order valence-corrected chi connectivity index (χ0v) is 22.2. The second kappa shape index (κ2) is 10.3. The average molecular weight is 526 g/mol. The normalized spacial score (nSPS) is 21.2. The third-order valence-corrected chi connectivity index (χ3v) is 10.1. The minimum atomic E-state index is -3.59. The Kier molecular flexibility index (Phi) is 7.16. The number of sulfonamides is 1. The van der Waals surface area contributed by atoms with Gasteiger partial charge >= 0.3 is 0 Å². The highest BCUT2D eigenvalue weighted by atomic mass is 32.2. The summed E-state index contributed by atoms with van der Waals surface area (Å²) in [4.78, 5) is 19.2. The highest BCUT2D eigenvalue weighted by molar-refractivity contribution is 7.89. The molecular formula is C27H31N3O4S2. The number of carbonyl (C=O) groups is 1. The van der Waals surface area contributed by atoms with E-state index in [0.29, 0.717) is 31.1 Å². The Bertz CT molecular complexity index is 1310. The molecule has 0 bridgehead atoms. The van der Waals surface area contributed by atoms with Crippen LogP contribution in [-0.4, -0.2) is 74.3 Å². The zero-order chi connectivity index (χ0) is 25.3. The van der Waals surface area contributed by atoms with Crippen molar-refractivity contribution < 1.29 is 17.9 Å². The molecule has 3 heterocycles. The Hall–Kier alpha value is -2.72. The molecule has 0 unspecified atom stereocenters. The quantitative estimate of drug-likeness (QED) is 0.492. The van der Waals surface area contributed by atoms with Gasteiger partial charge in [-0.05, 0) is 60.2 Å². The van der Waals surface area contributed by atoms with Gasteiger partial charge in [0, 0.05) is 37.1 Å². The number of thiophene rings is 1. The van der Waals surface area contributed by atoms with E-state index in [1.807, 2.05) is 24.0 Å². The average Bonchev–Trinajstić information content (AvgIpc) is 3.38. The molecule has 1 amide bonds. The number of carbonyl (C=O) groups excluding carboxylic acids is 1. The van der Waals surface area contributed by atoms with Crippen LogP contribution in [0.1, 0.15) is 29.0 Å². The number of rotatable bonds is 6. The van der Waals surface area contributed by atoms with Gasteiger partial charge in [-0.2, -0.15) is 4.31 Å². The van der Waals surface area contributed by atoms with Crippen molar-refractivity contribution in [2.24, 2.45) is 0 Å². The van der Waals surface area contributed by atoms with E-state index in [1.54, 1.807) is 48.8 Å². The lowest BCUT2D eigenvalue weighted by Gasteiger charge is -2.41. The summed E-state index contributed by atoms with van der Waals surface area (Å²) in [6, 6.07) is 18.4. The number of nitrogens with zero attached hydrogens (tertiary/aromatic N) is 3. The highest BCUT2D eigenvalue weighted by Crippen LogP contribution is 2.38. The minimum Gasteiger partial charge on any atom is -0.497 e. The first-order valence-electron chi connectivity index (χ1n) is 12.2. The van der Waals surface area contributed by atoms with E-state index >= 15 is 0 Å². The van der Waals surface area contributed by atoms with E-state index in [4.69, 9.17) is 4.74 Å². The molecule has 0 aliphatic carbocycles. The van der Waals surface area contributed by atoms with Crippen LogP contribution < -0.4 is 4.74 Å². The number of fused-ring (bicyclic) bond motifs is 1. The summed E-state index contributed by atoms with van der Waals surface area (Å²) in [5.41, 5.74) is 2.39. The van der Waals surface area contributed by atoms with Gasteiger partial charge in [0.1, 0.15) is 5.75 Å². The lowest BCUT2D eigenvalue weighted by Crippen LogP contribution is -2.57. The molecule has 9 heteroatoms. The topological polar surface area (TPSA) is 70.2 Å². The lowest BCUT2D eigenvalue weighted by molar-refractivity contribution is -0.135. The molecule has 0 saturated carbocycles. The Morgan fingerprint density at radius 3 is 2.47 bits per heavy atom. The summed E-state index contributed by atoms with van der Waals surface area (Å²) in [6.07, 6.45) is 0.923. The number of hydrogen-bond donors (Lipinski definition) is 0. The Morgan fingerprint density at radius 2 is 1.78 bits per heavy atom. The van der Waals surface area contributed by atoms with Crippen molar-refractivity contribution in [3.63, 3.8) is 0 Å². The van der Waals surface area contributed by atoms with Crippen LogP contribution in [0.15, 0.2) is 70.9 Å². The largest absolute Gasteiger partial charge is 0.497 e. The molecule has 5 rings (SSSR count). The number of amides is 1. The fraction of sp³-hybridized carbons (Fsp3) is 0.370. The van der Waals surface area contributed by atoms with E-state index < -0.39 is 10.0 Å². The number of ether oxygens (including phenoxy) is 1. The molecule has 1 saturated heterocycles. The predicted molar refractivity (Wildman–Crippen MR) is 141 cm³/mol. The van der Waals surface area contributed by atoms with Crippen LogP contribution in [0.2, 0.25) is 0 Å². The van der Waals surface area contributed by atoms with Gasteiger partial charge in [-0.15, -0.1) is 11.3 Å². The van der Waals surface area contributed by atoms with Gasteiger partial charge in [-0.1, -0.05) is 30.3 Å². The summed E-state index contributed by atoms with van der Waals surface area (Å²) in [5.74, 6) is 0.843. The van der Waals surface area contributed by atoms with Crippen molar-refractivity contribution in [1.29, 1.82) is 0 Å². The molecule has 0 N–H and O–H groups in total. The lowest BCUT2D eigenvalue weighted by atomic mass is 9.93. The van der Waals surface area contributed by atoms with Crippen LogP contribution in [0.25, 0.3) is 0 Å². The van der Waals surface area contributed by atoms with Gasteiger partial charge < -0.3 is 9.64 Å². The molecule has 3 aromatic rings. The van der Waals surface area contributed by atoms with Crippen molar-refractivity contribution in [2.45, 2.75) is 30.3 Å². The van der Waals surface area contributed by atoms with Crippen molar-refractivity contribution in [2.75, 3.05) is 39.8 Å². The van der Waals surface area contributed by atoms with Crippen LogP contribution in [0.5, 0.6) is 5.75 Å². The summed E-state index contributed by atoms with van der Waals surface area (Å²) in [6.45, 7) is 4.03. The predicted octanol–water partition coefficient (Wildman–Crippen LogP) is 3.63. The number of piperazine rings is 1. The molecule has 2 atom stereocenters. The highest BCUT2D eigenvalue weighted by Gasteiger charge is 2.37. The second-order valence-corrected chi connectivity index (χ2v) is 12.2. The smallest absolute Gasteiger partial charge is 0.243 e. The third kappa shape index (κ3) is 4.80. The number of methoxy groups -OCH3 is 1. The van der Waals surface area contributed by atoms with Crippen LogP contribution in [-0.2, 0) is 21.2 Å². The Balaban J connectivity index is 1.30. The molecule has 0 spiro atoms. The van der Waals surface area contributed by atoms with Gasteiger partial charge in [-0.25, -0.2) is 8.42 Å². The molecule has 2 aromatic carbocycles. The fourth-order valence-electron chi connectivity index (χ4n) is 5.24. The van der Waals surface area contributed by atoms with Gasteiger partial charge in [0.05, 0.1) is 24.6 Å². The molecule has 1 aromatic heterocycles. The van der Waals surface area contributed by atoms with Crippen molar-refractivity contribution in [3.05, 3.63) is 82.0 Å². The van der Waals surface area contributed by atoms with E-state index in [-0.39, 0.29) is 18.0 Å². The molecular weight excluding hydrogens is 494 g/mol. The summed E-state index contributed by atoms with van der Waals surface area (Å²) in [7, 11) is -1.93. The van der Waals surface area contributed by atoms with E-state index in [1.165, 1.54) is 14.7 Å². The second-order valence-electron chi connectivity index (χ2n) is 9.31. The van der Waals surface area contributed by atoms with Crippen LogP contribution in [0, 0.1) is 0 Å². The minimum absolute atomic E-state index is 0.00651. The van der Waals surface area contributed by atoms with Crippen molar-refractivity contribution in [3.8, 4) is 5.75 Å². The van der Waals surface area contributed by atoms with E-state index in [2.05, 4.69) is 28.5 Å². The fourth-order valence-corrected chi connectivity index (χ4v) is 7.78. The molecule has 2 aliphatic rings. The van der Waals surface area contributed by atoms with Gasteiger partial charge in [-0.3, -0.25) is 9.69 Å². The van der Waals surface area contributed by atoms with E-state index in [9.17, 15) is 13.2 Å². The molecule has 1 fully saturated rings. The van der Waals surface area contributed by atoms with Gasteiger partial charge in [0.25, 0.3) is 0 Å². The SMILES string of the molecule is COc1ccc([C@@H]2c3ccsc3CCN2CC(=O)N2CCN(S(=O)(=O)c3ccccc3)[C@@H](C)C2)cc1. The van der Waals surface area contributed by atoms with Gasteiger partial charge in [0.15, 0.2) is 0 Å². The number of benzene rings is 2. The third-order valence-electron chi connectivity index (χ3n) is 7.10. The standard InChI is InChI=1S/C27H31N3O4S2/c1-20-18-28(15-16-30(20)36(32,33)23-6-4-3-5-7-23)26(31)19-29-14-12-25-24(13-17-35-25)27(29)21-8-10-22(34-2)11-9-21/h3-11,13,17,20,27H,12,14-16,18-19H2,1-2H3/t20-,27+/m0/s1.